The molecule has 1 aliphatic heterocycles. The predicted octanol–water partition coefficient (Wildman–Crippen LogP) is 5.78. The van der Waals surface area contributed by atoms with E-state index in [1.807, 2.05) is 12.3 Å². The van der Waals surface area contributed by atoms with Gasteiger partial charge in [-0.3, -0.25) is 14.7 Å². The Balaban J connectivity index is 1.31. The Morgan fingerprint density at radius 2 is 1.97 bits per heavy atom. The maximum atomic E-state index is 13.9. The molecule has 33 heavy (non-hydrogen) atoms. The van der Waals surface area contributed by atoms with Gasteiger partial charge in [0, 0.05) is 23.3 Å². The van der Waals surface area contributed by atoms with E-state index in [1.165, 1.54) is 6.07 Å². The molecule has 1 saturated carbocycles. The molecule has 172 valence electrons. The van der Waals surface area contributed by atoms with Gasteiger partial charge in [0.2, 0.25) is 5.91 Å². The third kappa shape index (κ3) is 4.06. The number of amides is 1. The van der Waals surface area contributed by atoms with E-state index in [4.69, 9.17) is 16.3 Å². The number of carbonyl (C=O) groups is 1. The van der Waals surface area contributed by atoms with Crippen LogP contribution in [-0.4, -0.2) is 41.5 Å². The van der Waals surface area contributed by atoms with Crippen LogP contribution in [0.15, 0.2) is 48.7 Å². The van der Waals surface area contributed by atoms with E-state index in [9.17, 15) is 9.18 Å². The van der Waals surface area contributed by atoms with Crippen molar-refractivity contribution in [2.75, 3.05) is 25.5 Å². The van der Waals surface area contributed by atoms with Crippen LogP contribution in [0.4, 0.5) is 10.1 Å². The Hall–Kier alpha value is -2.70. The van der Waals surface area contributed by atoms with Crippen molar-refractivity contribution in [2.24, 2.45) is 0 Å². The maximum Gasteiger partial charge on any atom is 0.244 e. The number of benzene rings is 2. The number of nitrogens with zero attached hydrogens (tertiary/aromatic N) is 2. The fourth-order valence-corrected chi connectivity index (χ4v) is 5.49. The first-order valence-corrected chi connectivity index (χ1v) is 11.8. The highest BCUT2D eigenvalue weighted by Gasteiger charge is 2.49. The number of ether oxygens (including phenoxy) is 1. The summed E-state index contributed by atoms with van der Waals surface area (Å²) in [5.74, 6) is 0.666. The van der Waals surface area contributed by atoms with Crippen LogP contribution >= 0.6 is 11.6 Å². The van der Waals surface area contributed by atoms with Gasteiger partial charge in [0.15, 0.2) is 0 Å². The van der Waals surface area contributed by atoms with Gasteiger partial charge in [-0.25, -0.2) is 4.39 Å². The average Bonchev–Trinajstić information content (AvgIpc) is 2.79. The van der Waals surface area contributed by atoms with Crippen LogP contribution in [0.5, 0.6) is 5.75 Å². The van der Waals surface area contributed by atoms with Crippen molar-refractivity contribution in [3.05, 3.63) is 65.1 Å². The van der Waals surface area contributed by atoms with Crippen LogP contribution in [0, 0.1) is 5.82 Å². The number of rotatable bonds is 5. The summed E-state index contributed by atoms with van der Waals surface area (Å²) in [6.45, 7) is 1.67. The molecule has 1 amide bonds. The zero-order valence-electron chi connectivity index (χ0n) is 18.6. The molecule has 7 heteroatoms. The average molecular weight is 468 g/mol. The molecule has 0 unspecified atom stereocenters. The second-order valence-electron chi connectivity index (χ2n) is 9.01. The van der Waals surface area contributed by atoms with Crippen molar-refractivity contribution in [3.8, 4) is 5.75 Å². The summed E-state index contributed by atoms with van der Waals surface area (Å²) < 4.78 is 19.2. The summed E-state index contributed by atoms with van der Waals surface area (Å²) in [6.07, 6.45) is 6.43. The molecule has 1 aromatic heterocycles. The number of carbonyl (C=O) groups excluding carboxylic acids is 1. The highest BCUT2D eigenvalue weighted by Crippen LogP contribution is 2.43. The van der Waals surface area contributed by atoms with Crippen LogP contribution < -0.4 is 10.1 Å². The second kappa shape index (κ2) is 8.92. The first kappa shape index (κ1) is 22.1. The number of nitrogens with one attached hydrogen (secondary N) is 1. The number of hydrogen-bond donors (Lipinski definition) is 1. The number of aromatic nitrogens is 1. The van der Waals surface area contributed by atoms with E-state index >= 15 is 0 Å². The molecular formula is C26H27ClFN3O2. The molecule has 0 spiro atoms. The van der Waals surface area contributed by atoms with Gasteiger partial charge in [-0.2, -0.15) is 0 Å². The van der Waals surface area contributed by atoms with Gasteiger partial charge in [0.25, 0.3) is 0 Å². The number of anilines is 1. The molecule has 0 atom stereocenters. The molecule has 5 rings (SSSR count). The Morgan fingerprint density at radius 1 is 1.18 bits per heavy atom. The first-order valence-electron chi connectivity index (χ1n) is 11.4. The van der Waals surface area contributed by atoms with E-state index in [2.05, 4.69) is 15.2 Å². The molecule has 1 saturated heterocycles. The molecule has 5 nitrogen and oxygen atoms in total. The number of fused-ring (bicyclic) bond motifs is 1. The van der Waals surface area contributed by atoms with Crippen LogP contribution in [0.2, 0.25) is 5.02 Å². The third-order valence-electron chi connectivity index (χ3n) is 7.29. The molecule has 0 bridgehead atoms. The summed E-state index contributed by atoms with van der Waals surface area (Å²) in [5.41, 5.74) is 2.20. The number of piperidine rings is 1. The number of methoxy groups -OCH3 is 1. The van der Waals surface area contributed by atoms with E-state index in [-0.39, 0.29) is 11.7 Å². The zero-order chi connectivity index (χ0) is 23.0. The molecular weight excluding hydrogens is 441 g/mol. The number of hydrogen-bond acceptors (Lipinski definition) is 4. The van der Waals surface area contributed by atoms with Gasteiger partial charge >= 0.3 is 0 Å². The van der Waals surface area contributed by atoms with Gasteiger partial charge < -0.3 is 10.1 Å². The van der Waals surface area contributed by atoms with Crippen LogP contribution in [0.25, 0.3) is 10.9 Å². The van der Waals surface area contributed by atoms with Crippen molar-refractivity contribution in [3.63, 3.8) is 0 Å². The number of likely N-dealkylation sites (tertiary alicyclic amines) is 1. The standard InChI is InChI=1S/C26H27ClFN3O2/c1-33-24-16-19(4-5-22(24)27)30-25(32)26(10-2-11-26)31-13-8-17(9-14-31)20-7-12-29-23-6-3-18(28)15-21(20)23/h3-7,12,15-17H,2,8-11,13-14H2,1H3,(H,30,32). The van der Waals surface area contributed by atoms with Crippen molar-refractivity contribution in [1.82, 2.24) is 9.88 Å². The fraction of sp³-hybridized carbons (Fsp3) is 0.385. The highest BCUT2D eigenvalue weighted by molar-refractivity contribution is 6.32. The molecule has 2 aliphatic rings. The van der Waals surface area contributed by atoms with Crippen LogP contribution in [-0.2, 0) is 4.79 Å². The highest BCUT2D eigenvalue weighted by atomic mass is 35.5. The topological polar surface area (TPSA) is 54.5 Å². The quantitative estimate of drug-likeness (QED) is 0.517. The Labute approximate surface area is 197 Å². The summed E-state index contributed by atoms with van der Waals surface area (Å²) in [7, 11) is 1.56. The van der Waals surface area contributed by atoms with Crippen LogP contribution in [0.1, 0.15) is 43.6 Å². The zero-order valence-corrected chi connectivity index (χ0v) is 19.4. The summed E-state index contributed by atoms with van der Waals surface area (Å²) in [6, 6.07) is 12.1. The van der Waals surface area contributed by atoms with Crippen molar-refractivity contribution >= 4 is 34.1 Å². The van der Waals surface area contributed by atoms with Crippen molar-refractivity contribution in [2.45, 2.75) is 43.6 Å². The SMILES string of the molecule is COc1cc(NC(=O)C2(N3CCC(c4ccnc5ccc(F)cc45)CC3)CCC2)ccc1Cl. The summed E-state index contributed by atoms with van der Waals surface area (Å²) in [5, 5.41) is 4.49. The smallest absolute Gasteiger partial charge is 0.244 e. The van der Waals surface area contributed by atoms with Gasteiger partial charge in [0.1, 0.15) is 17.1 Å². The lowest BCUT2D eigenvalue weighted by Crippen LogP contribution is -2.62. The minimum Gasteiger partial charge on any atom is -0.495 e. The molecule has 2 fully saturated rings. The Kier molecular flexibility index (Phi) is 5.97. The second-order valence-corrected chi connectivity index (χ2v) is 9.42. The molecule has 3 aromatic rings. The van der Waals surface area contributed by atoms with Gasteiger partial charge in [-0.05, 0) is 93.1 Å². The lowest BCUT2D eigenvalue weighted by Gasteiger charge is -2.51. The van der Waals surface area contributed by atoms with Gasteiger partial charge in [-0.1, -0.05) is 11.6 Å². The monoisotopic (exact) mass is 467 g/mol. The summed E-state index contributed by atoms with van der Waals surface area (Å²) in [4.78, 5) is 20.1. The molecule has 1 aliphatic carbocycles. The van der Waals surface area contributed by atoms with Gasteiger partial charge in [-0.15, -0.1) is 0 Å². The van der Waals surface area contributed by atoms with Crippen molar-refractivity contribution < 1.29 is 13.9 Å². The molecule has 0 radical (unpaired) electrons. The van der Waals surface area contributed by atoms with Crippen LogP contribution in [0.3, 0.4) is 0 Å². The number of halogens is 2. The fourth-order valence-electron chi connectivity index (χ4n) is 5.30. The lowest BCUT2D eigenvalue weighted by molar-refractivity contribution is -0.135. The third-order valence-corrected chi connectivity index (χ3v) is 7.60. The largest absolute Gasteiger partial charge is 0.495 e. The molecule has 1 N–H and O–H groups in total. The van der Waals surface area contributed by atoms with Gasteiger partial charge in [0.05, 0.1) is 17.6 Å². The Bertz CT molecular complexity index is 1190. The Morgan fingerprint density at radius 3 is 2.67 bits per heavy atom. The van der Waals surface area contributed by atoms with E-state index < -0.39 is 5.54 Å². The minimum absolute atomic E-state index is 0.0352. The maximum absolute atomic E-state index is 13.9. The van der Waals surface area contributed by atoms with E-state index in [1.54, 1.807) is 37.4 Å². The minimum atomic E-state index is -0.468. The van der Waals surface area contributed by atoms with E-state index in [0.29, 0.717) is 22.4 Å². The first-order chi connectivity index (χ1) is 16.0. The normalized spacial score (nSPS) is 18.6. The lowest BCUT2D eigenvalue weighted by atomic mass is 9.72. The molecule has 2 aromatic carbocycles. The van der Waals surface area contributed by atoms with Crippen molar-refractivity contribution in [1.29, 1.82) is 0 Å². The molecule has 2 heterocycles. The summed E-state index contributed by atoms with van der Waals surface area (Å²) >= 11 is 6.12. The number of pyridine rings is 1. The predicted molar refractivity (Wildman–Crippen MR) is 128 cm³/mol. The van der Waals surface area contributed by atoms with E-state index in [0.717, 1.165) is 61.7 Å².